The van der Waals surface area contributed by atoms with E-state index in [1.807, 2.05) is 32.0 Å². The molecule has 4 heteroatoms. The lowest BCUT2D eigenvalue weighted by molar-refractivity contribution is 0.265. The summed E-state index contributed by atoms with van der Waals surface area (Å²) in [7, 11) is 0. The Kier molecular flexibility index (Phi) is 4.73. The van der Waals surface area contributed by atoms with E-state index in [0.29, 0.717) is 0 Å². The molecule has 1 heterocycles. The molecule has 1 N–H and O–H groups in total. The number of aryl methyl sites for hydroxylation is 1. The lowest BCUT2D eigenvalue weighted by Crippen LogP contribution is -2.06. The third kappa shape index (κ3) is 2.87. The summed E-state index contributed by atoms with van der Waals surface area (Å²) in [5.41, 5.74) is 3.32. The summed E-state index contributed by atoms with van der Waals surface area (Å²) >= 11 is 0. The predicted octanol–water partition coefficient (Wildman–Crippen LogP) is 2.46. The fourth-order valence-corrected chi connectivity index (χ4v) is 1.82. The summed E-state index contributed by atoms with van der Waals surface area (Å²) in [4.78, 5) is 4.34. The Balaban J connectivity index is 0.00000144. The molecule has 0 amide bonds. The molecule has 0 aliphatic carbocycles. The molecule has 0 bridgehead atoms. The number of rotatable bonds is 3. The van der Waals surface area contributed by atoms with Crippen LogP contribution in [0.2, 0.25) is 0 Å². The average molecular weight is 253 g/mol. The first-order valence-corrected chi connectivity index (χ1v) is 5.39. The van der Waals surface area contributed by atoms with Gasteiger partial charge in [-0.15, -0.1) is 12.4 Å². The van der Waals surface area contributed by atoms with Gasteiger partial charge in [0.05, 0.1) is 5.69 Å². The maximum Gasteiger partial charge on any atom is 0.135 e. The van der Waals surface area contributed by atoms with Gasteiger partial charge in [0.25, 0.3) is 0 Å². The molecule has 0 atom stereocenters. The second-order valence-corrected chi connectivity index (χ2v) is 3.93. The minimum absolute atomic E-state index is 0. The highest BCUT2D eigenvalue weighted by Gasteiger charge is 2.09. The van der Waals surface area contributed by atoms with Crippen molar-refractivity contribution < 1.29 is 5.11 Å². The Morgan fingerprint density at radius 3 is 2.41 bits per heavy atom. The molecule has 0 aliphatic rings. The standard InChI is InChI=1S/C13H16N2O.ClH/c1-10-11(2)15(13(9-16)14-10)8-12-6-4-3-5-7-12;/h3-7,16H,8-9H2,1-2H3;1H. The normalized spacial score (nSPS) is 10.1. The van der Waals surface area contributed by atoms with Crippen molar-refractivity contribution in [3.8, 4) is 0 Å². The van der Waals surface area contributed by atoms with Gasteiger partial charge < -0.3 is 9.67 Å². The molecule has 0 saturated carbocycles. The van der Waals surface area contributed by atoms with Crippen LogP contribution in [-0.4, -0.2) is 14.7 Å². The SMILES string of the molecule is Cc1nc(CO)n(Cc2ccccc2)c1C.Cl. The number of benzene rings is 1. The number of hydrogen-bond donors (Lipinski definition) is 1. The Hall–Kier alpha value is -1.32. The van der Waals surface area contributed by atoms with Gasteiger partial charge in [0, 0.05) is 12.2 Å². The van der Waals surface area contributed by atoms with E-state index in [0.717, 1.165) is 23.8 Å². The van der Waals surface area contributed by atoms with Crippen LogP contribution in [0.1, 0.15) is 22.8 Å². The van der Waals surface area contributed by atoms with Gasteiger partial charge in [0.1, 0.15) is 12.4 Å². The van der Waals surface area contributed by atoms with Crippen LogP contribution in [0.15, 0.2) is 30.3 Å². The van der Waals surface area contributed by atoms with Crippen LogP contribution in [0.5, 0.6) is 0 Å². The summed E-state index contributed by atoms with van der Waals surface area (Å²) in [5, 5.41) is 9.25. The van der Waals surface area contributed by atoms with Crippen molar-refractivity contribution in [2.45, 2.75) is 27.0 Å². The van der Waals surface area contributed by atoms with Gasteiger partial charge in [0.15, 0.2) is 0 Å². The van der Waals surface area contributed by atoms with Crippen molar-refractivity contribution >= 4 is 12.4 Å². The highest BCUT2D eigenvalue weighted by molar-refractivity contribution is 5.85. The van der Waals surface area contributed by atoms with Crippen molar-refractivity contribution in [1.29, 1.82) is 0 Å². The molecular weight excluding hydrogens is 236 g/mol. The van der Waals surface area contributed by atoms with E-state index in [1.54, 1.807) is 0 Å². The minimum Gasteiger partial charge on any atom is -0.388 e. The van der Waals surface area contributed by atoms with Crippen LogP contribution in [0.3, 0.4) is 0 Å². The maximum absolute atomic E-state index is 9.25. The molecule has 0 aliphatic heterocycles. The lowest BCUT2D eigenvalue weighted by atomic mass is 10.2. The molecule has 0 saturated heterocycles. The second-order valence-electron chi connectivity index (χ2n) is 3.93. The zero-order valence-electron chi connectivity index (χ0n) is 10.1. The highest BCUT2D eigenvalue weighted by Crippen LogP contribution is 2.13. The molecular formula is C13H17ClN2O. The summed E-state index contributed by atoms with van der Waals surface area (Å²) in [6, 6.07) is 10.2. The Morgan fingerprint density at radius 1 is 1.18 bits per heavy atom. The van der Waals surface area contributed by atoms with Crippen LogP contribution < -0.4 is 0 Å². The molecule has 1 aromatic heterocycles. The summed E-state index contributed by atoms with van der Waals surface area (Å²) < 4.78 is 2.06. The first-order valence-electron chi connectivity index (χ1n) is 5.39. The average Bonchev–Trinajstić information content (AvgIpc) is 2.58. The zero-order chi connectivity index (χ0) is 11.5. The number of imidazole rings is 1. The molecule has 0 radical (unpaired) electrons. The molecule has 3 nitrogen and oxygen atoms in total. The monoisotopic (exact) mass is 252 g/mol. The number of nitrogens with zero attached hydrogens (tertiary/aromatic N) is 2. The number of hydrogen-bond acceptors (Lipinski definition) is 2. The molecule has 1 aromatic carbocycles. The van der Waals surface area contributed by atoms with Crippen molar-refractivity contribution in [3.63, 3.8) is 0 Å². The van der Waals surface area contributed by atoms with E-state index in [-0.39, 0.29) is 19.0 Å². The van der Waals surface area contributed by atoms with Crippen molar-refractivity contribution in [2.75, 3.05) is 0 Å². The molecule has 0 spiro atoms. The van der Waals surface area contributed by atoms with Crippen molar-refractivity contribution in [1.82, 2.24) is 9.55 Å². The Morgan fingerprint density at radius 2 is 1.82 bits per heavy atom. The van der Waals surface area contributed by atoms with Gasteiger partial charge >= 0.3 is 0 Å². The number of aliphatic hydroxyl groups excluding tert-OH is 1. The molecule has 0 fully saturated rings. The zero-order valence-corrected chi connectivity index (χ0v) is 10.9. The van der Waals surface area contributed by atoms with Gasteiger partial charge in [-0.1, -0.05) is 30.3 Å². The first kappa shape index (κ1) is 13.7. The lowest BCUT2D eigenvalue weighted by Gasteiger charge is -2.08. The highest BCUT2D eigenvalue weighted by atomic mass is 35.5. The van der Waals surface area contributed by atoms with Gasteiger partial charge in [0.2, 0.25) is 0 Å². The van der Waals surface area contributed by atoms with E-state index in [4.69, 9.17) is 0 Å². The topological polar surface area (TPSA) is 38.1 Å². The molecule has 2 aromatic rings. The summed E-state index contributed by atoms with van der Waals surface area (Å²) in [6.07, 6.45) is 0. The largest absolute Gasteiger partial charge is 0.388 e. The van der Waals surface area contributed by atoms with Crippen LogP contribution in [-0.2, 0) is 13.2 Å². The van der Waals surface area contributed by atoms with Crippen LogP contribution in [0, 0.1) is 13.8 Å². The quantitative estimate of drug-likeness (QED) is 0.911. The van der Waals surface area contributed by atoms with Crippen molar-refractivity contribution in [3.05, 3.63) is 53.1 Å². The third-order valence-electron chi connectivity index (χ3n) is 2.86. The minimum atomic E-state index is -0.0124. The van der Waals surface area contributed by atoms with Crippen molar-refractivity contribution in [2.24, 2.45) is 0 Å². The van der Waals surface area contributed by atoms with Crippen LogP contribution in [0.25, 0.3) is 0 Å². The number of halogens is 1. The molecule has 2 rings (SSSR count). The van der Waals surface area contributed by atoms with E-state index in [9.17, 15) is 5.11 Å². The maximum atomic E-state index is 9.25. The van der Waals surface area contributed by atoms with Gasteiger partial charge in [-0.3, -0.25) is 0 Å². The number of aromatic nitrogens is 2. The Bertz CT molecular complexity index is 480. The van der Waals surface area contributed by atoms with E-state index < -0.39 is 0 Å². The fourth-order valence-electron chi connectivity index (χ4n) is 1.82. The Labute approximate surface area is 108 Å². The van der Waals surface area contributed by atoms with Gasteiger partial charge in [-0.25, -0.2) is 4.98 Å². The van der Waals surface area contributed by atoms with Gasteiger partial charge in [-0.05, 0) is 19.4 Å². The van der Waals surface area contributed by atoms with E-state index in [2.05, 4.69) is 21.7 Å². The smallest absolute Gasteiger partial charge is 0.135 e. The second kappa shape index (κ2) is 5.84. The summed E-state index contributed by atoms with van der Waals surface area (Å²) in [6.45, 7) is 4.76. The van der Waals surface area contributed by atoms with E-state index in [1.165, 1.54) is 5.56 Å². The van der Waals surface area contributed by atoms with Gasteiger partial charge in [-0.2, -0.15) is 0 Å². The molecule has 17 heavy (non-hydrogen) atoms. The van der Waals surface area contributed by atoms with Crippen LogP contribution >= 0.6 is 12.4 Å². The number of aliphatic hydroxyl groups is 1. The predicted molar refractivity (Wildman–Crippen MR) is 70.4 cm³/mol. The first-order chi connectivity index (χ1) is 7.72. The third-order valence-corrected chi connectivity index (χ3v) is 2.86. The molecule has 92 valence electrons. The molecule has 0 unspecified atom stereocenters. The van der Waals surface area contributed by atoms with Crippen LogP contribution in [0.4, 0.5) is 0 Å². The van der Waals surface area contributed by atoms with E-state index >= 15 is 0 Å². The fraction of sp³-hybridized carbons (Fsp3) is 0.308. The summed E-state index contributed by atoms with van der Waals surface area (Å²) in [5.74, 6) is 0.735.